The second-order valence-corrected chi connectivity index (χ2v) is 4.32. The van der Waals surface area contributed by atoms with Crippen LogP contribution in [0.5, 0.6) is 0 Å². The van der Waals surface area contributed by atoms with E-state index >= 15 is 0 Å². The smallest absolute Gasteiger partial charge is 0.312 e. The molecule has 0 aliphatic carbocycles. The first kappa shape index (κ1) is 14.4. The molecule has 0 aromatic heterocycles. The van der Waals surface area contributed by atoms with Crippen molar-refractivity contribution in [1.82, 2.24) is 15.1 Å². The molecule has 7 heteroatoms. The van der Waals surface area contributed by atoms with Gasteiger partial charge in [0.05, 0.1) is 0 Å². The zero-order valence-corrected chi connectivity index (χ0v) is 10.8. The lowest BCUT2D eigenvalue weighted by Crippen LogP contribution is -2.56. The number of rotatable bonds is 5. The summed E-state index contributed by atoms with van der Waals surface area (Å²) in [5.41, 5.74) is 5.38. The molecular weight excluding hydrogens is 236 g/mol. The molecule has 1 saturated heterocycles. The van der Waals surface area contributed by atoms with Gasteiger partial charge in [-0.3, -0.25) is 14.4 Å². The fraction of sp³-hybridized carbons (Fsp3) is 0.727. The van der Waals surface area contributed by atoms with Crippen molar-refractivity contribution in [2.75, 3.05) is 32.7 Å². The fourth-order valence-electron chi connectivity index (χ4n) is 1.72. The van der Waals surface area contributed by atoms with Crippen LogP contribution in [0.3, 0.4) is 0 Å². The van der Waals surface area contributed by atoms with Crippen LogP contribution >= 0.6 is 0 Å². The van der Waals surface area contributed by atoms with Crippen molar-refractivity contribution in [3.8, 4) is 0 Å². The molecule has 1 atom stereocenters. The Kier molecular flexibility index (Phi) is 5.08. The maximum absolute atomic E-state index is 11.7. The minimum atomic E-state index is -0.612. The van der Waals surface area contributed by atoms with Crippen molar-refractivity contribution in [2.24, 2.45) is 5.73 Å². The Labute approximate surface area is 106 Å². The van der Waals surface area contributed by atoms with Gasteiger partial charge in [-0.2, -0.15) is 0 Å². The van der Waals surface area contributed by atoms with E-state index in [0.29, 0.717) is 26.2 Å². The number of nitrogens with one attached hydrogen (secondary N) is 1. The Bertz CT molecular complexity index is 345. The summed E-state index contributed by atoms with van der Waals surface area (Å²) in [5.74, 6) is -1.44. The van der Waals surface area contributed by atoms with Crippen LogP contribution in [0.15, 0.2) is 0 Å². The molecule has 1 aliphatic heterocycles. The molecule has 18 heavy (non-hydrogen) atoms. The van der Waals surface area contributed by atoms with Crippen LogP contribution in [0.25, 0.3) is 0 Å². The van der Waals surface area contributed by atoms with Gasteiger partial charge < -0.3 is 20.9 Å². The van der Waals surface area contributed by atoms with Gasteiger partial charge in [-0.1, -0.05) is 0 Å². The molecule has 0 saturated carbocycles. The van der Waals surface area contributed by atoms with Gasteiger partial charge in [-0.15, -0.1) is 0 Å². The van der Waals surface area contributed by atoms with Crippen molar-refractivity contribution in [2.45, 2.75) is 19.9 Å². The monoisotopic (exact) mass is 256 g/mol. The Morgan fingerprint density at radius 3 is 2.44 bits per heavy atom. The second kappa shape index (κ2) is 6.34. The highest BCUT2D eigenvalue weighted by molar-refractivity contribution is 6.35. The fourth-order valence-corrected chi connectivity index (χ4v) is 1.72. The van der Waals surface area contributed by atoms with Gasteiger partial charge in [0.15, 0.2) is 0 Å². The highest BCUT2D eigenvalue weighted by Crippen LogP contribution is 2.04. The minimum absolute atomic E-state index is 0.0908. The molecule has 1 fully saturated rings. The predicted octanol–water partition coefficient (Wildman–Crippen LogP) is -1.86. The summed E-state index contributed by atoms with van der Waals surface area (Å²) in [5, 5.41) is 2.65. The summed E-state index contributed by atoms with van der Waals surface area (Å²) in [4.78, 5) is 37.7. The molecular formula is C11H20N4O3. The van der Waals surface area contributed by atoms with Gasteiger partial charge in [0.2, 0.25) is 5.91 Å². The van der Waals surface area contributed by atoms with E-state index in [4.69, 9.17) is 5.73 Å². The van der Waals surface area contributed by atoms with Crippen LogP contribution in [-0.2, 0) is 14.4 Å². The number of nitrogens with zero attached hydrogens (tertiary/aromatic N) is 2. The molecule has 0 spiro atoms. The molecule has 1 rings (SSSR count). The lowest BCUT2D eigenvalue weighted by molar-refractivity contribution is -0.156. The van der Waals surface area contributed by atoms with Crippen molar-refractivity contribution >= 4 is 17.7 Å². The molecule has 7 nitrogen and oxygen atoms in total. The standard InChI is InChI=1S/C11H20N4O3/c1-3-14-4-5-15(11(18)10(14)17)7-9(16)13-8(2)6-12/h8H,3-7,12H2,1-2H3,(H,13,16)/t8-/m0/s1. The topological polar surface area (TPSA) is 95.7 Å². The SMILES string of the molecule is CCN1CCN(CC(=O)N[C@@H](C)CN)C(=O)C1=O. The quantitative estimate of drug-likeness (QED) is 0.564. The third-order valence-electron chi connectivity index (χ3n) is 2.87. The number of carbonyl (C=O) groups excluding carboxylic acids is 3. The van der Waals surface area contributed by atoms with E-state index in [1.807, 2.05) is 6.92 Å². The molecule has 0 bridgehead atoms. The molecule has 3 N–H and O–H groups in total. The normalized spacial score (nSPS) is 17.9. The Morgan fingerprint density at radius 1 is 1.33 bits per heavy atom. The van der Waals surface area contributed by atoms with E-state index in [0.717, 1.165) is 0 Å². The van der Waals surface area contributed by atoms with Gasteiger partial charge in [0, 0.05) is 32.2 Å². The number of hydrogen-bond acceptors (Lipinski definition) is 4. The molecule has 3 amide bonds. The van der Waals surface area contributed by atoms with Crippen molar-refractivity contribution in [3.63, 3.8) is 0 Å². The van der Waals surface area contributed by atoms with E-state index in [1.165, 1.54) is 9.80 Å². The first-order chi connectivity index (χ1) is 8.49. The van der Waals surface area contributed by atoms with Crippen molar-refractivity contribution < 1.29 is 14.4 Å². The summed E-state index contributed by atoms with van der Waals surface area (Å²) in [6, 6.07) is -0.139. The van der Waals surface area contributed by atoms with Crippen LogP contribution in [-0.4, -0.2) is 66.3 Å². The summed E-state index contributed by atoms with van der Waals surface area (Å²) in [6.07, 6.45) is 0. The summed E-state index contributed by atoms with van der Waals surface area (Å²) in [7, 11) is 0. The highest BCUT2D eigenvalue weighted by atomic mass is 16.2. The molecule has 0 radical (unpaired) electrons. The van der Waals surface area contributed by atoms with E-state index in [-0.39, 0.29) is 18.5 Å². The average molecular weight is 256 g/mol. The number of carbonyl (C=O) groups is 3. The minimum Gasteiger partial charge on any atom is -0.351 e. The number of nitrogens with two attached hydrogens (primary N) is 1. The van der Waals surface area contributed by atoms with Crippen LogP contribution in [0.1, 0.15) is 13.8 Å². The second-order valence-electron chi connectivity index (χ2n) is 4.32. The van der Waals surface area contributed by atoms with Crippen molar-refractivity contribution in [1.29, 1.82) is 0 Å². The molecule has 0 aromatic carbocycles. The van der Waals surface area contributed by atoms with Crippen LogP contribution < -0.4 is 11.1 Å². The van der Waals surface area contributed by atoms with Crippen LogP contribution in [0.4, 0.5) is 0 Å². The molecule has 0 aromatic rings. The Balaban J connectivity index is 2.51. The number of hydrogen-bond donors (Lipinski definition) is 2. The maximum Gasteiger partial charge on any atom is 0.312 e. The zero-order valence-electron chi connectivity index (χ0n) is 10.8. The Hall–Kier alpha value is -1.63. The number of piperazine rings is 1. The lowest BCUT2D eigenvalue weighted by Gasteiger charge is -2.32. The first-order valence-electron chi connectivity index (χ1n) is 6.07. The van der Waals surface area contributed by atoms with Crippen LogP contribution in [0, 0.1) is 0 Å². The molecule has 102 valence electrons. The summed E-state index contributed by atoms with van der Waals surface area (Å²) >= 11 is 0. The van der Waals surface area contributed by atoms with E-state index in [2.05, 4.69) is 5.32 Å². The van der Waals surface area contributed by atoms with Gasteiger partial charge in [0.25, 0.3) is 0 Å². The summed E-state index contributed by atoms with van der Waals surface area (Å²) in [6.45, 7) is 5.21. The van der Waals surface area contributed by atoms with Crippen LogP contribution in [0.2, 0.25) is 0 Å². The van der Waals surface area contributed by atoms with Gasteiger partial charge >= 0.3 is 11.8 Å². The average Bonchev–Trinajstić information content (AvgIpc) is 2.35. The third kappa shape index (κ3) is 3.43. The molecule has 1 heterocycles. The van der Waals surface area contributed by atoms with Gasteiger partial charge in [-0.05, 0) is 13.8 Å². The summed E-state index contributed by atoms with van der Waals surface area (Å²) < 4.78 is 0. The molecule has 0 unspecified atom stereocenters. The maximum atomic E-state index is 11.7. The third-order valence-corrected chi connectivity index (χ3v) is 2.87. The van der Waals surface area contributed by atoms with E-state index in [9.17, 15) is 14.4 Å². The van der Waals surface area contributed by atoms with E-state index in [1.54, 1.807) is 6.92 Å². The van der Waals surface area contributed by atoms with E-state index < -0.39 is 11.8 Å². The lowest BCUT2D eigenvalue weighted by atomic mass is 10.2. The largest absolute Gasteiger partial charge is 0.351 e. The van der Waals surface area contributed by atoms with Gasteiger partial charge in [0.1, 0.15) is 6.54 Å². The Morgan fingerprint density at radius 2 is 1.89 bits per heavy atom. The first-order valence-corrected chi connectivity index (χ1v) is 6.07. The number of amides is 3. The highest BCUT2D eigenvalue weighted by Gasteiger charge is 2.32. The zero-order chi connectivity index (χ0) is 13.7. The predicted molar refractivity (Wildman–Crippen MR) is 65.5 cm³/mol. The molecule has 1 aliphatic rings. The van der Waals surface area contributed by atoms with Crippen molar-refractivity contribution in [3.05, 3.63) is 0 Å². The number of likely N-dealkylation sites (N-methyl/N-ethyl adjacent to an activating group) is 1. The van der Waals surface area contributed by atoms with Gasteiger partial charge in [-0.25, -0.2) is 0 Å².